The Morgan fingerprint density at radius 1 is 1.44 bits per heavy atom. The summed E-state index contributed by atoms with van der Waals surface area (Å²) < 4.78 is 31.1. The van der Waals surface area contributed by atoms with E-state index in [2.05, 4.69) is 0 Å². The average Bonchev–Trinajstić information content (AvgIpc) is 2.14. The first-order valence-corrected chi connectivity index (χ1v) is 7.68. The molecule has 0 saturated carbocycles. The van der Waals surface area contributed by atoms with Gasteiger partial charge < -0.3 is 4.74 Å². The van der Waals surface area contributed by atoms with Gasteiger partial charge >= 0.3 is 0 Å². The Morgan fingerprint density at radius 2 is 2.06 bits per heavy atom. The summed E-state index contributed by atoms with van der Waals surface area (Å²) >= 11 is 5.72. The van der Waals surface area contributed by atoms with Crippen LogP contribution in [-0.4, -0.2) is 49.7 Å². The van der Waals surface area contributed by atoms with E-state index in [9.17, 15) is 8.42 Å². The molecule has 0 bridgehead atoms. The third kappa shape index (κ3) is 3.87. The zero-order valence-electron chi connectivity index (χ0n) is 10.0. The van der Waals surface area contributed by atoms with Gasteiger partial charge in [-0.15, -0.1) is 11.6 Å². The summed E-state index contributed by atoms with van der Waals surface area (Å²) in [4.78, 5) is 0. The number of alkyl halides is 1. The lowest BCUT2D eigenvalue weighted by Gasteiger charge is -2.35. The molecular weight excluding hydrogens is 250 g/mol. The van der Waals surface area contributed by atoms with Crippen LogP contribution in [0, 0.1) is 5.92 Å². The van der Waals surface area contributed by atoms with Crippen LogP contribution >= 0.6 is 11.6 Å². The first-order chi connectivity index (χ1) is 7.35. The number of ether oxygens (including phenoxy) is 1. The lowest BCUT2D eigenvalue weighted by atomic mass is 10.3. The van der Waals surface area contributed by atoms with Crippen LogP contribution in [0.2, 0.25) is 0 Å². The molecular formula is C10H20ClNO3S. The lowest BCUT2D eigenvalue weighted by molar-refractivity contribution is -0.0423. The zero-order chi connectivity index (χ0) is 12.3. The third-order valence-corrected chi connectivity index (χ3v) is 4.92. The maximum Gasteiger partial charge on any atom is 0.214 e. The van der Waals surface area contributed by atoms with E-state index in [4.69, 9.17) is 16.3 Å². The van der Waals surface area contributed by atoms with Crippen molar-refractivity contribution in [3.05, 3.63) is 0 Å². The molecule has 96 valence electrons. The van der Waals surface area contributed by atoms with Crippen molar-refractivity contribution in [3.63, 3.8) is 0 Å². The van der Waals surface area contributed by atoms with Gasteiger partial charge in [0.05, 0.1) is 18.0 Å². The molecule has 0 aliphatic carbocycles. The second-order valence-electron chi connectivity index (χ2n) is 4.71. The number of sulfonamides is 1. The van der Waals surface area contributed by atoms with Crippen LogP contribution in [0.5, 0.6) is 0 Å². The van der Waals surface area contributed by atoms with Gasteiger partial charge in [-0.2, -0.15) is 4.31 Å². The minimum atomic E-state index is -3.16. The summed E-state index contributed by atoms with van der Waals surface area (Å²) in [6.45, 7) is 6.49. The predicted molar refractivity (Wildman–Crippen MR) is 65.3 cm³/mol. The monoisotopic (exact) mass is 269 g/mol. The smallest absolute Gasteiger partial charge is 0.214 e. The van der Waals surface area contributed by atoms with Crippen LogP contribution in [0.1, 0.15) is 20.8 Å². The van der Waals surface area contributed by atoms with Gasteiger partial charge in [0.15, 0.2) is 0 Å². The molecule has 0 aromatic heterocycles. The highest BCUT2D eigenvalue weighted by atomic mass is 35.5. The fourth-order valence-electron chi connectivity index (χ4n) is 1.84. The Kier molecular flexibility index (Phi) is 5.04. The Morgan fingerprint density at radius 3 is 2.56 bits per heavy atom. The first-order valence-electron chi connectivity index (χ1n) is 5.54. The first kappa shape index (κ1) is 14.2. The number of nitrogens with zero attached hydrogens (tertiary/aromatic N) is 1. The number of halogens is 1. The minimum absolute atomic E-state index is 0.0839. The van der Waals surface area contributed by atoms with Crippen LogP contribution < -0.4 is 0 Å². The molecule has 1 heterocycles. The number of hydrogen-bond donors (Lipinski definition) is 0. The SMILES string of the molecule is CC(C)CS(=O)(=O)N1CC(C)OC(CCl)C1. The Labute approximate surface area is 103 Å². The molecule has 0 aromatic rings. The van der Waals surface area contributed by atoms with Crippen molar-refractivity contribution in [3.8, 4) is 0 Å². The molecule has 0 amide bonds. The normalized spacial score (nSPS) is 28.6. The van der Waals surface area contributed by atoms with E-state index < -0.39 is 10.0 Å². The lowest BCUT2D eigenvalue weighted by Crippen LogP contribution is -2.50. The van der Waals surface area contributed by atoms with Crippen molar-refractivity contribution in [2.75, 3.05) is 24.7 Å². The minimum Gasteiger partial charge on any atom is -0.371 e. The van der Waals surface area contributed by atoms with Crippen molar-refractivity contribution in [2.45, 2.75) is 33.0 Å². The van der Waals surface area contributed by atoms with Gasteiger partial charge in [0.25, 0.3) is 0 Å². The highest BCUT2D eigenvalue weighted by molar-refractivity contribution is 7.89. The van der Waals surface area contributed by atoms with E-state index in [1.165, 1.54) is 4.31 Å². The molecule has 4 nitrogen and oxygen atoms in total. The molecule has 0 radical (unpaired) electrons. The zero-order valence-corrected chi connectivity index (χ0v) is 11.6. The summed E-state index contributed by atoms with van der Waals surface area (Å²) in [7, 11) is -3.16. The van der Waals surface area contributed by atoms with E-state index in [0.29, 0.717) is 19.0 Å². The molecule has 16 heavy (non-hydrogen) atoms. The predicted octanol–water partition coefficient (Wildman–Crippen LogP) is 1.30. The average molecular weight is 270 g/mol. The standard InChI is InChI=1S/C10H20ClNO3S/c1-8(2)7-16(13,14)12-5-9(3)15-10(4-11)6-12/h8-10H,4-7H2,1-3H3. The molecule has 0 aromatic carbocycles. The van der Waals surface area contributed by atoms with E-state index in [0.717, 1.165) is 0 Å². The fraction of sp³-hybridized carbons (Fsp3) is 1.00. The number of rotatable bonds is 4. The van der Waals surface area contributed by atoms with Crippen LogP contribution in [0.25, 0.3) is 0 Å². The van der Waals surface area contributed by atoms with Crippen molar-refractivity contribution in [2.24, 2.45) is 5.92 Å². The second kappa shape index (κ2) is 5.67. The highest BCUT2D eigenvalue weighted by Gasteiger charge is 2.32. The largest absolute Gasteiger partial charge is 0.371 e. The van der Waals surface area contributed by atoms with Gasteiger partial charge in [-0.25, -0.2) is 8.42 Å². The van der Waals surface area contributed by atoms with Gasteiger partial charge in [-0.05, 0) is 12.8 Å². The van der Waals surface area contributed by atoms with Crippen LogP contribution in [0.3, 0.4) is 0 Å². The van der Waals surface area contributed by atoms with Crippen molar-refractivity contribution >= 4 is 21.6 Å². The molecule has 6 heteroatoms. The molecule has 1 rings (SSSR count). The van der Waals surface area contributed by atoms with Crippen molar-refractivity contribution in [1.29, 1.82) is 0 Å². The third-order valence-electron chi connectivity index (χ3n) is 2.40. The van der Waals surface area contributed by atoms with Crippen LogP contribution in [-0.2, 0) is 14.8 Å². The Balaban J connectivity index is 2.71. The van der Waals surface area contributed by atoms with Crippen molar-refractivity contribution in [1.82, 2.24) is 4.31 Å². The topological polar surface area (TPSA) is 46.6 Å². The second-order valence-corrected chi connectivity index (χ2v) is 7.03. The molecule has 1 aliphatic heterocycles. The maximum absolute atomic E-state index is 12.0. The Bertz CT molecular complexity index is 318. The summed E-state index contributed by atoms with van der Waals surface area (Å²) in [6.07, 6.45) is -0.271. The molecule has 0 N–H and O–H groups in total. The van der Waals surface area contributed by atoms with E-state index in [1.54, 1.807) is 0 Å². The van der Waals surface area contributed by atoms with Gasteiger partial charge in [0.2, 0.25) is 10.0 Å². The quantitative estimate of drug-likeness (QED) is 0.723. The highest BCUT2D eigenvalue weighted by Crippen LogP contribution is 2.17. The molecule has 2 unspecified atom stereocenters. The summed E-state index contributed by atoms with van der Waals surface area (Å²) in [6, 6.07) is 0. The van der Waals surface area contributed by atoms with Gasteiger partial charge in [0, 0.05) is 19.0 Å². The number of hydrogen-bond acceptors (Lipinski definition) is 3. The fourth-order valence-corrected chi connectivity index (χ4v) is 3.90. The summed E-state index contributed by atoms with van der Waals surface area (Å²) in [5, 5.41) is 0. The van der Waals surface area contributed by atoms with Crippen LogP contribution in [0.15, 0.2) is 0 Å². The van der Waals surface area contributed by atoms with E-state index in [1.807, 2.05) is 20.8 Å². The molecule has 1 fully saturated rings. The molecule has 1 aliphatic rings. The summed E-state index contributed by atoms with van der Waals surface area (Å²) in [5.74, 6) is 0.657. The summed E-state index contributed by atoms with van der Waals surface area (Å²) in [5.41, 5.74) is 0. The van der Waals surface area contributed by atoms with Crippen LogP contribution in [0.4, 0.5) is 0 Å². The van der Waals surface area contributed by atoms with Gasteiger partial charge in [-0.3, -0.25) is 0 Å². The van der Waals surface area contributed by atoms with Gasteiger partial charge in [0.1, 0.15) is 0 Å². The van der Waals surface area contributed by atoms with E-state index >= 15 is 0 Å². The molecule has 0 spiro atoms. The molecule has 1 saturated heterocycles. The van der Waals surface area contributed by atoms with E-state index in [-0.39, 0.29) is 23.9 Å². The Hall–Kier alpha value is 0.160. The van der Waals surface area contributed by atoms with Crippen molar-refractivity contribution < 1.29 is 13.2 Å². The number of morpholine rings is 1. The maximum atomic E-state index is 12.0. The van der Waals surface area contributed by atoms with Gasteiger partial charge in [-0.1, -0.05) is 13.8 Å². The molecule has 2 atom stereocenters.